The van der Waals surface area contributed by atoms with Crippen LogP contribution < -0.4 is 10.5 Å². The Morgan fingerprint density at radius 3 is 2.56 bits per heavy atom. The lowest BCUT2D eigenvalue weighted by Crippen LogP contribution is -2.00. The van der Waals surface area contributed by atoms with Gasteiger partial charge in [-0.2, -0.15) is 0 Å². The summed E-state index contributed by atoms with van der Waals surface area (Å²) >= 11 is 0. The van der Waals surface area contributed by atoms with Crippen LogP contribution >= 0.6 is 0 Å². The van der Waals surface area contributed by atoms with Crippen molar-refractivity contribution in [1.29, 1.82) is 0 Å². The smallest absolute Gasteiger partial charge is 0.123 e. The van der Waals surface area contributed by atoms with Crippen molar-refractivity contribution < 1.29 is 9.13 Å². The molecule has 0 bridgehead atoms. The van der Waals surface area contributed by atoms with Gasteiger partial charge >= 0.3 is 0 Å². The Morgan fingerprint density at radius 1 is 1.17 bits per heavy atom. The number of benzene rings is 2. The molecule has 2 aromatic rings. The van der Waals surface area contributed by atoms with Crippen molar-refractivity contribution in [2.75, 3.05) is 7.11 Å². The van der Waals surface area contributed by atoms with Gasteiger partial charge in [-0.05, 0) is 53.4 Å². The molecule has 2 rings (SSSR count). The van der Waals surface area contributed by atoms with Crippen LogP contribution in [0.3, 0.4) is 0 Å². The molecule has 0 saturated heterocycles. The fraction of sp³-hybridized carbons (Fsp3) is 0.200. The van der Waals surface area contributed by atoms with Crippen molar-refractivity contribution in [2.24, 2.45) is 5.73 Å². The quantitative estimate of drug-likeness (QED) is 0.900. The summed E-state index contributed by atoms with van der Waals surface area (Å²) in [6.07, 6.45) is 0. The molecule has 2 aromatic carbocycles. The lowest BCUT2D eigenvalue weighted by molar-refractivity contribution is 0.412. The minimum atomic E-state index is -0.260. The monoisotopic (exact) mass is 245 g/mol. The van der Waals surface area contributed by atoms with Crippen molar-refractivity contribution in [2.45, 2.75) is 13.5 Å². The molecule has 0 heterocycles. The first-order valence-electron chi connectivity index (χ1n) is 5.79. The Morgan fingerprint density at radius 2 is 1.94 bits per heavy atom. The SMILES string of the molecule is COc1ccc(-c2ccc(F)cc2CN)cc1C. The number of hydrogen-bond acceptors (Lipinski definition) is 2. The molecule has 0 saturated carbocycles. The molecule has 18 heavy (non-hydrogen) atoms. The fourth-order valence-electron chi connectivity index (χ4n) is 2.06. The third-order valence-corrected chi connectivity index (χ3v) is 2.99. The third-order valence-electron chi connectivity index (χ3n) is 2.99. The van der Waals surface area contributed by atoms with E-state index in [4.69, 9.17) is 10.5 Å². The second-order valence-electron chi connectivity index (χ2n) is 4.19. The zero-order chi connectivity index (χ0) is 13.1. The molecular weight excluding hydrogens is 229 g/mol. The van der Waals surface area contributed by atoms with Crippen LogP contribution in [0.5, 0.6) is 5.75 Å². The van der Waals surface area contributed by atoms with E-state index in [0.717, 1.165) is 28.0 Å². The van der Waals surface area contributed by atoms with Gasteiger partial charge in [0, 0.05) is 6.54 Å². The zero-order valence-corrected chi connectivity index (χ0v) is 10.5. The van der Waals surface area contributed by atoms with Crippen LogP contribution in [-0.4, -0.2) is 7.11 Å². The third kappa shape index (κ3) is 2.36. The Balaban J connectivity index is 2.51. The number of aryl methyl sites for hydroxylation is 1. The highest BCUT2D eigenvalue weighted by molar-refractivity contribution is 5.69. The van der Waals surface area contributed by atoms with Crippen LogP contribution in [0.2, 0.25) is 0 Å². The Hall–Kier alpha value is -1.87. The van der Waals surface area contributed by atoms with Gasteiger partial charge in [0.2, 0.25) is 0 Å². The molecule has 2 N–H and O–H groups in total. The summed E-state index contributed by atoms with van der Waals surface area (Å²) in [6.45, 7) is 2.30. The number of halogens is 1. The molecule has 0 aromatic heterocycles. The van der Waals surface area contributed by atoms with E-state index in [9.17, 15) is 4.39 Å². The lowest BCUT2D eigenvalue weighted by atomic mass is 9.98. The Kier molecular flexibility index (Phi) is 3.63. The summed E-state index contributed by atoms with van der Waals surface area (Å²) in [5.74, 6) is 0.583. The number of hydrogen-bond donors (Lipinski definition) is 1. The van der Waals surface area contributed by atoms with Crippen molar-refractivity contribution in [3.8, 4) is 16.9 Å². The highest BCUT2D eigenvalue weighted by Gasteiger charge is 2.07. The molecule has 0 spiro atoms. The maximum absolute atomic E-state index is 13.2. The van der Waals surface area contributed by atoms with Crippen LogP contribution in [-0.2, 0) is 6.54 Å². The molecule has 0 aliphatic carbocycles. The molecule has 0 unspecified atom stereocenters. The van der Waals surface area contributed by atoms with Crippen LogP contribution in [0, 0.1) is 12.7 Å². The van der Waals surface area contributed by atoms with Crippen molar-refractivity contribution >= 4 is 0 Å². The van der Waals surface area contributed by atoms with E-state index in [1.165, 1.54) is 12.1 Å². The minimum absolute atomic E-state index is 0.260. The van der Waals surface area contributed by atoms with Gasteiger partial charge in [0.05, 0.1) is 7.11 Å². The van der Waals surface area contributed by atoms with Crippen LogP contribution in [0.25, 0.3) is 11.1 Å². The first-order valence-corrected chi connectivity index (χ1v) is 5.79. The molecule has 94 valence electrons. The van der Waals surface area contributed by atoms with Gasteiger partial charge in [0.15, 0.2) is 0 Å². The number of ether oxygens (including phenoxy) is 1. The Labute approximate surface area is 106 Å². The normalized spacial score (nSPS) is 10.4. The predicted molar refractivity (Wildman–Crippen MR) is 71.0 cm³/mol. The van der Waals surface area contributed by atoms with Crippen LogP contribution in [0.1, 0.15) is 11.1 Å². The van der Waals surface area contributed by atoms with Gasteiger partial charge in [0.1, 0.15) is 11.6 Å². The van der Waals surface area contributed by atoms with Crippen LogP contribution in [0.4, 0.5) is 4.39 Å². The first kappa shape index (κ1) is 12.6. The summed E-state index contributed by atoms with van der Waals surface area (Å²) in [4.78, 5) is 0. The van der Waals surface area contributed by atoms with E-state index in [0.29, 0.717) is 6.54 Å². The van der Waals surface area contributed by atoms with Gasteiger partial charge in [0.25, 0.3) is 0 Å². The molecule has 0 fully saturated rings. The molecule has 0 radical (unpaired) electrons. The van der Waals surface area contributed by atoms with E-state index in [1.54, 1.807) is 13.2 Å². The number of methoxy groups -OCH3 is 1. The molecular formula is C15H16FNO. The lowest BCUT2D eigenvalue weighted by Gasteiger charge is -2.11. The minimum Gasteiger partial charge on any atom is -0.496 e. The van der Waals surface area contributed by atoms with Crippen molar-refractivity contribution in [3.63, 3.8) is 0 Å². The number of nitrogens with two attached hydrogens (primary N) is 1. The van der Waals surface area contributed by atoms with E-state index >= 15 is 0 Å². The summed E-state index contributed by atoms with van der Waals surface area (Å²) in [7, 11) is 1.64. The summed E-state index contributed by atoms with van der Waals surface area (Å²) in [5.41, 5.74) is 9.49. The highest BCUT2D eigenvalue weighted by atomic mass is 19.1. The molecule has 3 heteroatoms. The van der Waals surface area contributed by atoms with Gasteiger partial charge in [-0.3, -0.25) is 0 Å². The molecule has 2 nitrogen and oxygen atoms in total. The highest BCUT2D eigenvalue weighted by Crippen LogP contribution is 2.28. The summed E-state index contributed by atoms with van der Waals surface area (Å²) in [6, 6.07) is 10.6. The maximum atomic E-state index is 13.2. The topological polar surface area (TPSA) is 35.2 Å². The first-order chi connectivity index (χ1) is 8.65. The number of rotatable bonds is 3. The van der Waals surface area contributed by atoms with E-state index in [2.05, 4.69) is 0 Å². The van der Waals surface area contributed by atoms with Gasteiger partial charge in [-0.25, -0.2) is 4.39 Å². The molecule has 0 aliphatic heterocycles. The fourth-order valence-corrected chi connectivity index (χ4v) is 2.06. The van der Waals surface area contributed by atoms with E-state index in [-0.39, 0.29) is 5.82 Å². The standard InChI is InChI=1S/C15H16FNO/c1-10-7-11(3-6-15(10)18-2)14-5-4-13(16)8-12(14)9-17/h3-8H,9,17H2,1-2H3. The van der Waals surface area contributed by atoms with E-state index in [1.807, 2.05) is 25.1 Å². The largest absolute Gasteiger partial charge is 0.496 e. The second kappa shape index (κ2) is 5.19. The average Bonchev–Trinajstić information content (AvgIpc) is 2.38. The zero-order valence-electron chi connectivity index (χ0n) is 10.5. The van der Waals surface area contributed by atoms with Crippen molar-refractivity contribution in [3.05, 3.63) is 53.3 Å². The molecule has 0 atom stereocenters. The average molecular weight is 245 g/mol. The maximum Gasteiger partial charge on any atom is 0.123 e. The van der Waals surface area contributed by atoms with Crippen molar-refractivity contribution in [1.82, 2.24) is 0 Å². The summed E-state index contributed by atoms with van der Waals surface area (Å²) < 4.78 is 18.4. The van der Waals surface area contributed by atoms with Gasteiger partial charge in [-0.1, -0.05) is 12.1 Å². The summed E-state index contributed by atoms with van der Waals surface area (Å²) in [5, 5.41) is 0. The molecule has 0 amide bonds. The Bertz CT molecular complexity index is 566. The van der Waals surface area contributed by atoms with Crippen LogP contribution in [0.15, 0.2) is 36.4 Å². The molecule has 0 aliphatic rings. The van der Waals surface area contributed by atoms with Gasteiger partial charge < -0.3 is 10.5 Å². The van der Waals surface area contributed by atoms with E-state index < -0.39 is 0 Å². The second-order valence-corrected chi connectivity index (χ2v) is 4.19. The predicted octanol–water partition coefficient (Wildman–Crippen LogP) is 3.27. The van der Waals surface area contributed by atoms with Gasteiger partial charge in [-0.15, -0.1) is 0 Å².